The maximum atomic E-state index is 5.72. The lowest BCUT2D eigenvalue weighted by Crippen LogP contribution is -3.00. The highest BCUT2D eigenvalue weighted by molar-refractivity contribution is 6.53. The van der Waals surface area contributed by atoms with E-state index in [0.29, 0.717) is 24.6 Å². The summed E-state index contributed by atoms with van der Waals surface area (Å²) < 4.78 is 1.62. The van der Waals surface area contributed by atoms with Crippen LogP contribution in [-0.4, -0.2) is 89.0 Å². The fourth-order valence-corrected chi connectivity index (χ4v) is 2.51. The van der Waals surface area contributed by atoms with Crippen molar-refractivity contribution in [3.8, 4) is 0 Å². The van der Waals surface area contributed by atoms with Gasteiger partial charge in [0.25, 0.3) is 0 Å². The molecule has 0 radical (unpaired) electrons. The van der Waals surface area contributed by atoms with Crippen molar-refractivity contribution in [3.05, 3.63) is 71.8 Å². The molecule has 0 bridgehead atoms. The molecule has 32 heavy (non-hydrogen) atoms. The van der Waals surface area contributed by atoms with Gasteiger partial charge in [-0.1, -0.05) is 71.0 Å². The predicted molar refractivity (Wildman–Crippen MR) is 124 cm³/mol. The molecule has 0 atom stereocenters. The van der Waals surface area contributed by atoms with Gasteiger partial charge in [0.05, 0.1) is 42.3 Å². The fourth-order valence-electron chi connectivity index (χ4n) is 2.51. The predicted octanol–water partition coefficient (Wildman–Crippen LogP) is -2.75. The van der Waals surface area contributed by atoms with E-state index >= 15 is 0 Å². The van der Waals surface area contributed by atoms with E-state index in [9.17, 15) is 0 Å². The van der Waals surface area contributed by atoms with Crippen molar-refractivity contribution in [1.82, 2.24) is 0 Å². The van der Waals surface area contributed by atoms with Crippen LogP contribution < -0.4 is 48.0 Å². The molecular weight excluding hydrogens is 630 g/mol. The van der Waals surface area contributed by atoms with Crippen molar-refractivity contribution in [2.24, 2.45) is 10.3 Å². The number of hydrogen-bond donors (Lipinski definition) is 0. The van der Waals surface area contributed by atoms with Crippen LogP contribution in [0.25, 0.3) is 0 Å². The van der Waals surface area contributed by atoms with Gasteiger partial charge in [0.15, 0.2) is 13.2 Å². The van der Waals surface area contributed by atoms with Crippen LogP contribution in [-0.2, 0) is 9.68 Å². The SMILES string of the molecule is C[N+](C)(C)CCO/N=C(\C(=N/OCC[N+](C)(C)C)c1ccccc1)c1ccccc1.[I-].[I-]. The summed E-state index contributed by atoms with van der Waals surface area (Å²) in [6.07, 6.45) is 0. The molecule has 0 unspecified atom stereocenters. The Balaban J connectivity index is 0.00000480. The van der Waals surface area contributed by atoms with E-state index in [2.05, 4.69) is 52.6 Å². The maximum absolute atomic E-state index is 5.72. The summed E-state index contributed by atoms with van der Waals surface area (Å²) in [6, 6.07) is 19.9. The Bertz CT molecular complexity index is 759. The zero-order chi connectivity index (χ0) is 22.0. The first-order chi connectivity index (χ1) is 14.2. The average Bonchev–Trinajstić information content (AvgIpc) is 2.69. The average molecular weight is 666 g/mol. The molecule has 0 saturated carbocycles. The second-order valence-corrected chi connectivity index (χ2v) is 9.31. The second kappa shape index (κ2) is 14.8. The minimum atomic E-state index is 0. The Kier molecular flexibility index (Phi) is 14.2. The summed E-state index contributed by atoms with van der Waals surface area (Å²) in [5, 5.41) is 8.99. The van der Waals surface area contributed by atoms with Gasteiger partial charge in [-0.25, -0.2) is 0 Å². The van der Waals surface area contributed by atoms with Crippen LogP contribution in [0.3, 0.4) is 0 Å². The van der Waals surface area contributed by atoms with Gasteiger partial charge in [0.1, 0.15) is 24.5 Å². The van der Waals surface area contributed by atoms with Crippen LogP contribution in [0.4, 0.5) is 0 Å². The number of oxime groups is 2. The Morgan fingerprint density at radius 1 is 0.594 bits per heavy atom. The molecule has 2 aromatic rings. The molecule has 8 heteroatoms. The van der Waals surface area contributed by atoms with Crippen molar-refractivity contribution in [2.45, 2.75) is 0 Å². The third-order valence-electron chi connectivity index (χ3n) is 4.34. The van der Waals surface area contributed by atoms with Crippen LogP contribution in [0.5, 0.6) is 0 Å². The van der Waals surface area contributed by atoms with Crippen molar-refractivity contribution in [3.63, 3.8) is 0 Å². The first-order valence-corrected chi connectivity index (χ1v) is 10.3. The summed E-state index contributed by atoms with van der Waals surface area (Å²) >= 11 is 0. The third kappa shape index (κ3) is 12.1. The van der Waals surface area contributed by atoms with Crippen LogP contribution in [0.1, 0.15) is 11.1 Å². The van der Waals surface area contributed by atoms with Gasteiger partial charge in [-0.15, -0.1) is 0 Å². The molecule has 0 heterocycles. The third-order valence-corrected chi connectivity index (χ3v) is 4.34. The van der Waals surface area contributed by atoms with Gasteiger partial charge in [0.2, 0.25) is 0 Å². The number of likely N-dealkylation sites (N-methyl/N-ethyl adjacent to an activating group) is 2. The molecule has 0 spiro atoms. The Morgan fingerprint density at radius 2 is 0.906 bits per heavy atom. The van der Waals surface area contributed by atoms with Crippen molar-refractivity contribution in [2.75, 3.05) is 68.6 Å². The van der Waals surface area contributed by atoms with Crippen LogP contribution in [0.15, 0.2) is 71.0 Å². The van der Waals surface area contributed by atoms with Crippen molar-refractivity contribution >= 4 is 11.4 Å². The quantitative estimate of drug-likeness (QED) is 0.0860. The minimum Gasteiger partial charge on any atom is -1.00 e. The standard InChI is InChI=1S/C24H36N4O2.2HI/c1-27(2,3)17-19-29-25-23(21-13-9-7-10-14-21)24(22-15-11-8-12-16-22)26-30-20-18-28(4,5)6;;/h7-16H,17-20H2,1-6H3;2*1H/q+2;;/p-2/b25-23-,26-24-;;. The van der Waals surface area contributed by atoms with Crippen LogP contribution in [0.2, 0.25) is 0 Å². The number of nitrogens with zero attached hydrogens (tertiary/aromatic N) is 4. The van der Waals surface area contributed by atoms with E-state index in [1.165, 1.54) is 0 Å². The molecule has 0 N–H and O–H groups in total. The lowest BCUT2D eigenvalue weighted by molar-refractivity contribution is -0.870. The number of hydrogen-bond acceptors (Lipinski definition) is 4. The number of rotatable bonds is 11. The zero-order valence-electron chi connectivity index (χ0n) is 20.0. The summed E-state index contributed by atoms with van der Waals surface area (Å²) in [5.74, 6) is 0. The molecule has 0 aromatic heterocycles. The summed E-state index contributed by atoms with van der Waals surface area (Å²) in [7, 11) is 12.8. The number of halogens is 2. The summed E-state index contributed by atoms with van der Waals surface area (Å²) in [6.45, 7) is 2.74. The molecule has 2 aromatic carbocycles. The fraction of sp³-hybridized carbons (Fsp3) is 0.417. The Hall–Kier alpha value is -1.24. The first kappa shape index (κ1) is 30.8. The van der Waals surface area contributed by atoms with Gasteiger partial charge in [-0.2, -0.15) is 0 Å². The van der Waals surface area contributed by atoms with E-state index < -0.39 is 0 Å². The summed E-state index contributed by atoms with van der Waals surface area (Å²) in [4.78, 5) is 11.4. The van der Waals surface area contributed by atoms with Crippen LogP contribution in [0, 0.1) is 0 Å². The molecular formula is C24H36I2N4O2. The monoisotopic (exact) mass is 666 g/mol. The highest BCUT2D eigenvalue weighted by atomic mass is 127. The van der Waals surface area contributed by atoms with Gasteiger partial charge in [-0.3, -0.25) is 0 Å². The Morgan fingerprint density at radius 3 is 1.19 bits per heavy atom. The molecule has 2 rings (SSSR count). The molecule has 0 fully saturated rings. The molecule has 0 aliphatic rings. The second-order valence-electron chi connectivity index (χ2n) is 9.31. The lowest BCUT2D eigenvalue weighted by Gasteiger charge is -2.23. The van der Waals surface area contributed by atoms with E-state index in [1.54, 1.807) is 0 Å². The zero-order valence-corrected chi connectivity index (χ0v) is 24.3. The van der Waals surface area contributed by atoms with Gasteiger partial charge in [0, 0.05) is 11.1 Å². The van der Waals surface area contributed by atoms with E-state index in [4.69, 9.17) is 9.68 Å². The molecule has 0 aliphatic carbocycles. The molecule has 0 amide bonds. The minimum absolute atomic E-state index is 0. The molecule has 0 aliphatic heterocycles. The van der Waals surface area contributed by atoms with Gasteiger partial charge in [-0.05, 0) is 0 Å². The van der Waals surface area contributed by atoms with Crippen LogP contribution >= 0.6 is 0 Å². The topological polar surface area (TPSA) is 43.2 Å². The van der Waals surface area contributed by atoms with Gasteiger partial charge < -0.3 is 66.6 Å². The highest BCUT2D eigenvalue weighted by Crippen LogP contribution is 2.12. The lowest BCUT2D eigenvalue weighted by atomic mass is 10.00. The Labute approximate surface area is 227 Å². The van der Waals surface area contributed by atoms with Gasteiger partial charge >= 0.3 is 0 Å². The largest absolute Gasteiger partial charge is 1.00 e. The molecule has 6 nitrogen and oxygen atoms in total. The van der Waals surface area contributed by atoms with E-state index in [-0.39, 0.29) is 48.0 Å². The normalized spacial score (nSPS) is 12.4. The van der Waals surface area contributed by atoms with Crippen molar-refractivity contribution in [1.29, 1.82) is 0 Å². The molecule has 0 saturated heterocycles. The smallest absolute Gasteiger partial charge is 0.165 e. The highest BCUT2D eigenvalue weighted by Gasteiger charge is 2.17. The number of benzene rings is 2. The van der Waals surface area contributed by atoms with Crippen molar-refractivity contribution < 1.29 is 66.6 Å². The first-order valence-electron chi connectivity index (χ1n) is 10.3. The number of quaternary nitrogens is 2. The van der Waals surface area contributed by atoms with E-state index in [1.807, 2.05) is 60.7 Å². The maximum Gasteiger partial charge on any atom is 0.165 e. The molecule has 178 valence electrons. The summed E-state index contributed by atoms with van der Waals surface area (Å²) in [5.41, 5.74) is 3.18. The van der Waals surface area contributed by atoms with E-state index in [0.717, 1.165) is 33.2 Å².